The highest BCUT2D eigenvalue weighted by atomic mass is 32.2. The molecule has 0 aliphatic heterocycles. The van der Waals surface area contributed by atoms with Crippen LogP contribution in [0.1, 0.15) is 11.6 Å². The second kappa shape index (κ2) is 11.2. The molecular formula is C13H18N4O6S5. The van der Waals surface area contributed by atoms with E-state index in [9.17, 15) is 18.5 Å². The van der Waals surface area contributed by atoms with Crippen molar-refractivity contribution in [3.63, 3.8) is 0 Å². The lowest BCUT2D eigenvalue weighted by Gasteiger charge is -2.29. The normalized spacial score (nSPS) is 13.4. The van der Waals surface area contributed by atoms with E-state index < -0.39 is 37.8 Å². The quantitative estimate of drug-likeness (QED) is 0.0806. The number of methoxy groups -OCH3 is 1. The van der Waals surface area contributed by atoms with E-state index in [1.165, 1.54) is 13.2 Å². The van der Waals surface area contributed by atoms with Crippen LogP contribution < -0.4 is 15.8 Å². The van der Waals surface area contributed by atoms with Crippen molar-refractivity contribution >= 4 is 74.0 Å². The number of ether oxygens (including phenoxy) is 2. The summed E-state index contributed by atoms with van der Waals surface area (Å²) in [6, 6.07) is 2.25. The van der Waals surface area contributed by atoms with Crippen LogP contribution in [0.25, 0.3) is 0 Å². The van der Waals surface area contributed by atoms with E-state index in [0.29, 0.717) is 0 Å². The summed E-state index contributed by atoms with van der Waals surface area (Å²) in [5.41, 5.74) is -0.450. The zero-order chi connectivity index (χ0) is 21.5. The zero-order valence-electron chi connectivity index (χ0n) is 14.4. The van der Waals surface area contributed by atoms with Crippen molar-refractivity contribution in [2.45, 2.75) is 17.2 Å². The molecule has 0 aliphatic carbocycles. The number of benzene rings is 1. The van der Waals surface area contributed by atoms with Gasteiger partial charge in [0.2, 0.25) is 10.0 Å². The van der Waals surface area contributed by atoms with Gasteiger partial charge in [-0.3, -0.25) is 10.1 Å². The maximum absolute atomic E-state index is 11.6. The Hall–Kier alpha value is -1.07. The Morgan fingerprint density at radius 3 is 2.36 bits per heavy atom. The van der Waals surface area contributed by atoms with Gasteiger partial charge in [-0.05, 0) is 12.1 Å². The summed E-state index contributed by atoms with van der Waals surface area (Å²) >= 11 is 17.9. The number of sulfonamides is 1. The first-order valence-corrected chi connectivity index (χ1v) is 10.6. The van der Waals surface area contributed by atoms with Gasteiger partial charge in [0.05, 0.1) is 28.6 Å². The van der Waals surface area contributed by atoms with Gasteiger partial charge in [0.25, 0.3) is 5.69 Å². The minimum atomic E-state index is -4.14. The highest BCUT2D eigenvalue weighted by Gasteiger charge is 2.32. The topological polar surface area (TPSA) is 146 Å². The fourth-order valence-corrected chi connectivity index (χ4v) is 3.22. The lowest BCUT2D eigenvalue weighted by atomic mass is 10.0. The van der Waals surface area contributed by atoms with Gasteiger partial charge >= 0.3 is 0 Å². The Balaban J connectivity index is 3.49. The maximum atomic E-state index is 11.6. The highest BCUT2D eigenvalue weighted by molar-refractivity contribution is 8.11. The van der Waals surface area contributed by atoms with Crippen LogP contribution in [0.5, 0.6) is 0 Å². The summed E-state index contributed by atoms with van der Waals surface area (Å²) in [5.74, 6) is 0. The number of rotatable bonds is 10. The van der Waals surface area contributed by atoms with Crippen LogP contribution in [0.2, 0.25) is 0 Å². The molecule has 2 unspecified atom stereocenters. The number of hydrogen-bond donors (Lipinski definition) is 5. The number of thiocarbonyl (C=S) groups is 2. The molecule has 156 valence electrons. The molecule has 0 saturated heterocycles. The summed E-state index contributed by atoms with van der Waals surface area (Å²) in [7, 11) is -2.67. The number of nitrogens with zero attached hydrogens (tertiary/aromatic N) is 1. The molecule has 10 nitrogen and oxygen atoms in total. The maximum Gasteiger partial charge on any atom is 0.276 e. The zero-order valence-corrected chi connectivity index (χ0v) is 18.6. The van der Waals surface area contributed by atoms with Crippen LogP contribution in [0.15, 0.2) is 23.1 Å². The predicted octanol–water partition coefficient (Wildman–Crippen LogP) is 0.881. The summed E-state index contributed by atoms with van der Waals surface area (Å²) < 4.78 is 33.7. The molecule has 4 N–H and O–H groups in total. The van der Waals surface area contributed by atoms with Gasteiger partial charge < -0.3 is 20.1 Å². The van der Waals surface area contributed by atoms with Crippen LogP contribution in [0.3, 0.4) is 0 Å². The van der Waals surface area contributed by atoms with E-state index in [0.717, 1.165) is 12.1 Å². The largest absolute Gasteiger partial charge is 0.382 e. The molecule has 0 saturated carbocycles. The second-order valence-corrected chi connectivity index (χ2v) is 9.06. The molecule has 0 aromatic heterocycles. The Morgan fingerprint density at radius 2 is 1.89 bits per heavy atom. The van der Waals surface area contributed by atoms with E-state index in [2.05, 4.69) is 35.9 Å². The smallest absolute Gasteiger partial charge is 0.276 e. The third-order valence-corrected chi connectivity index (χ3v) is 4.70. The van der Waals surface area contributed by atoms with Crippen LogP contribution in [-0.2, 0) is 19.5 Å². The standard InChI is InChI=1S/C13H18N4O6S5/c1-22-4-5-23-11(16-13(26)27)10(15-12(24)25)8-3-2-7(28(14,20)21)6-9(8)17(18)19/h2-3,6,10-11H,4-5H2,1H3,(H2,14,20,21)(H2,15,24,25)(H2,16,26,27). The van der Waals surface area contributed by atoms with Gasteiger partial charge in [0.1, 0.15) is 14.7 Å². The molecule has 28 heavy (non-hydrogen) atoms. The SMILES string of the molecule is COCCOC(NC(=S)S)C(NC(=S)S)c1ccc(S(N)(=O)=O)cc1[N+](=O)[O-]. The molecule has 0 heterocycles. The first-order chi connectivity index (χ1) is 13.0. The number of nitrogens with two attached hydrogens (primary N) is 1. The summed E-state index contributed by atoms with van der Waals surface area (Å²) in [4.78, 5) is 10.4. The second-order valence-electron chi connectivity index (χ2n) is 5.18. The Kier molecular flexibility index (Phi) is 9.99. The molecule has 1 aromatic carbocycles. The summed E-state index contributed by atoms with van der Waals surface area (Å²) in [6.07, 6.45) is -0.968. The number of nitro groups is 1. The van der Waals surface area contributed by atoms with Crippen LogP contribution >= 0.6 is 49.7 Å². The Morgan fingerprint density at radius 1 is 1.29 bits per heavy atom. The Labute approximate surface area is 183 Å². The average molecular weight is 487 g/mol. The van der Waals surface area contributed by atoms with Crippen molar-refractivity contribution in [3.05, 3.63) is 33.9 Å². The molecule has 0 fully saturated rings. The van der Waals surface area contributed by atoms with E-state index in [-0.39, 0.29) is 27.4 Å². The monoisotopic (exact) mass is 486 g/mol. The summed E-state index contributed by atoms with van der Waals surface area (Å²) in [5, 5.41) is 22.1. The fraction of sp³-hybridized carbons (Fsp3) is 0.385. The van der Waals surface area contributed by atoms with Crippen molar-refractivity contribution < 1.29 is 22.8 Å². The molecule has 15 heteroatoms. The van der Waals surface area contributed by atoms with Gasteiger partial charge in [-0.1, -0.05) is 24.4 Å². The van der Waals surface area contributed by atoms with Gasteiger partial charge in [-0.15, -0.1) is 25.3 Å². The Bertz CT molecular complexity index is 850. The molecule has 0 radical (unpaired) electrons. The first-order valence-electron chi connectivity index (χ1n) is 7.38. The van der Waals surface area contributed by atoms with Crippen LogP contribution in [0, 0.1) is 10.1 Å². The number of nitrogens with one attached hydrogen (secondary N) is 2. The molecule has 1 rings (SSSR count). The van der Waals surface area contributed by atoms with Crippen molar-refractivity contribution in [2.24, 2.45) is 5.14 Å². The predicted molar refractivity (Wildman–Crippen MR) is 118 cm³/mol. The van der Waals surface area contributed by atoms with Gasteiger partial charge in [0, 0.05) is 13.2 Å². The van der Waals surface area contributed by atoms with Gasteiger partial charge in [-0.2, -0.15) is 0 Å². The molecule has 1 aromatic rings. The lowest BCUT2D eigenvalue weighted by Crippen LogP contribution is -2.46. The molecule has 0 amide bonds. The molecule has 2 atom stereocenters. The van der Waals surface area contributed by atoms with Crippen molar-refractivity contribution in [1.82, 2.24) is 10.6 Å². The molecule has 0 bridgehead atoms. The van der Waals surface area contributed by atoms with Gasteiger partial charge in [-0.25, -0.2) is 13.6 Å². The van der Waals surface area contributed by atoms with E-state index in [1.54, 1.807) is 0 Å². The fourth-order valence-electron chi connectivity index (χ4n) is 2.17. The number of thiol groups is 2. The third kappa shape index (κ3) is 7.75. The van der Waals surface area contributed by atoms with E-state index >= 15 is 0 Å². The molecule has 0 spiro atoms. The van der Waals surface area contributed by atoms with Crippen molar-refractivity contribution in [1.29, 1.82) is 0 Å². The van der Waals surface area contributed by atoms with Crippen LogP contribution in [-0.4, -0.2) is 48.5 Å². The lowest BCUT2D eigenvalue weighted by molar-refractivity contribution is -0.386. The van der Waals surface area contributed by atoms with Crippen molar-refractivity contribution in [3.8, 4) is 0 Å². The van der Waals surface area contributed by atoms with Gasteiger partial charge in [0.15, 0.2) is 6.23 Å². The third-order valence-electron chi connectivity index (χ3n) is 3.29. The molecule has 0 aliphatic rings. The van der Waals surface area contributed by atoms with E-state index in [1.807, 2.05) is 0 Å². The van der Waals surface area contributed by atoms with Crippen LogP contribution in [0.4, 0.5) is 5.69 Å². The average Bonchev–Trinajstić information content (AvgIpc) is 2.57. The summed E-state index contributed by atoms with van der Waals surface area (Å²) in [6.45, 7) is 0.354. The molecular weight excluding hydrogens is 469 g/mol. The minimum absolute atomic E-state index is 0.0158. The highest BCUT2D eigenvalue weighted by Crippen LogP contribution is 2.30. The van der Waals surface area contributed by atoms with E-state index in [4.69, 9.17) is 39.0 Å². The van der Waals surface area contributed by atoms with Crippen molar-refractivity contribution in [2.75, 3.05) is 20.3 Å². The number of nitro benzene ring substituents is 1. The first kappa shape index (κ1) is 25.0. The number of hydrogen-bond acceptors (Lipinski definition) is 8. The number of primary sulfonamides is 1. The minimum Gasteiger partial charge on any atom is -0.382 e.